The van der Waals surface area contributed by atoms with Crippen molar-refractivity contribution in [2.75, 3.05) is 0 Å². The van der Waals surface area contributed by atoms with Gasteiger partial charge in [0, 0.05) is 6.54 Å². The summed E-state index contributed by atoms with van der Waals surface area (Å²) < 4.78 is 37.3. The molecule has 0 saturated carbocycles. The zero-order chi connectivity index (χ0) is 13.2. The molecular weight excluding hydrogens is 275 g/mol. The lowest BCUT2D eigenvalue weighted by Crippen LogP contribution is -2.04. The van der Waals surface area contributed by atoms with Gasteiger partial charge >= 0.3 is 6.18 Å². The summed E-state index contributed by atoms with van der Waals surface area (Å²) >= 11 is 0. The first-order valence-corrected chi connectivity index (χ1v) is 5.47. The lowest BCUT2D eigenvalue weighted by atomic mass is 10.0. The molecule has 0 atom stereocenters. The van der Waals surface area contributed by atoms with Gasteiger partial charge in [-0.25, -0.2) is 0 Å². The summed E-state index contributed by atoms with van der Waals surface area (Å²) in [6.07, 6.45) is -4.29. The Morgan fingerprint density at radius 2 is 1.53 bits per heavy atom. The van der Waals surface area contributed by atoms with Gasteiger partial charge in [0.1, 0.15) is 0 Å². The molecule has 2 aromatic rings. The molecule has 0 fully saturated rings. The number of hydrogen-bond donors (Lipinski definition) is 1. The van der Waals surface area contributed by atoms with Crippen molar-refractivity contribution in [1.82, 2.24) is 0 Å². The normalized spacial score (nSPS) is 10.9. The van der Waals surface area contributed by atoms with Crippen molar-refractivity contribution in [3.63, 3.8) is 0 Å². The maximum atomic E-state index is 12.4. The van der Waals surface area contributed by atoms with Crippen molar-refractivity contribution in [3.05, 3.63) is 59.7 Å². The first-order chi connectivity index (χ1) is 8.50. The first kappa shape index (κ1) is 15.5. The molecule has 0 aromatic heterocycles. The topological polar surface area (TPSA) is 26.0 Å². The van der Waals surface area contributed by atoms with E-state index in [1.807, 2.05) is 24.3 Å². The second-order valence-corrected chi connectivity index (χ2v) is 3.98. The Kier molecular flexibility index (Phi) is 4.97. The van der Waals surface area contributed by atoms with E-state index < -0.39 is 11.7 Å². The lowest BCUT2D eigenvalue weighted by Gasteiger charge is -2.08. The molecule has 0 amide bonds. The molecule has 0 bridgehead atoms. The number of alkyl halides is 3. The number of rotatable bonds is 2. The predicted octanol–water partition coefficient (Wildman–Crippen LogP) is 4.25. The van der Waals surface area contributed by atoms with Crippen molar-refractivity contribution >= 4 is 12.4 Å². The first-order valence-electron chi connectivity index (χ1n) is 5.47. The molecule has 102 valence electrons. The van der Waals surface area contributed by atoms with Crippen molar-refractivity contribution in [2.24, 2.45) is 5.73 Å². The van der Waals surface area contributed by atoms with Crippen LogP contribution in [0.15, 0.2) is 48.5 Å². The maximum Gasteiger partial charge on any atom is 0.416 e. The molecule has 0 aliphatic rings. The van der Waals surface area contributed by atoms with E-state index >= 15 is 0 Å². The second kappa shape index (κ2) is 6.08. The van der Waals surface area contributed by atoms with Crippen LogP contribution in [-0.4, -0.2) is 0 Å². The summed E-state index contributed by atoms with van der Waals surface area (Å²) in [4.78, 5) is 0. The molecule has 0 spiro atoms. The molecule has 0 unspecified atom stereocenters. The zero-order valence-electron chi connectivity index (χ0n) is 9.95. The molecule has 0 aliphatic carbocycles. The summed E-state index contributed by atoms with van der Waals surface area (Å²) in [6.45, 7) is 0.411. The fourth-order valence-corrected chi connectivity index (χ4v) is 1.73. The summed E-state index contributed by atoms with van der Waals surface area (Å²) in [6, 6.07) is 12.6. The van der Waals surface area contributed by atoms with Crippen LogP contribution >= 0.6 is 12.4 Å². The smallest absolute Gasteiger partial charge is 0.326 e. The standard InChI is InChI=1S/C14H12F3N.ClH/c15-14(16,17)13-6-4-11(5-7-13)12-3-1-2-10(8-12)9-18;/h1-8H,9,18H2;1H. The van der Waals surface area contributed by atoms with E-state index in [2.05, 4.69) is 0 Å². The molecule has 19 heavy (non-hydrogen) atoms. The fourth-order valence-electron chi connectivity index (χ4n) is 1.73. The largest absolute Gasteiger partial charge is 0.416 e. The van der Waals surface area contributed by atoms with Crippen LogP contribution in [-0.2, 0) is 12.7 Å². The quantitative estimate of drug-likeness (QED) is 0.878. The highest BCUT2D eigenvalue weighted by atomic mass is 35.5. The third kappa shape index (κ3) is 3.72. The third-order valence-electron chi connectivity index (χ3n) is 2.71. The van der Waals surface area contributed by atoms with Gasteiger partial charge in [0.2, 0.25) is 0 Å². The van der Waals surface area contributed by atoms with Crippen molar-refractivity contribution < 1.29 is 13.2 Å². The highest BCUT2D eigenvalue weighted by Gasteiger charge is 2.29. The summed E-state index contributed by atoms with van der Waals surface area (Å²) in [5.41, 5.74) is 7.46. The van der Waals surface area contributed by atoms with Crippen LogP contribution < -0.4 is 5.73 Å². The predicted molar refractivity (Wildman–Crippen MR) is 72.0 cm³/mol. The van der Waals surface area contributed by atoms with E-state index in [1.54, 1.807) is 0 Å². The van der Waals surface area contributed by atoms with E-state index in [4.69, 9.17) is 5.73 Å². The van der Waals surface area contributed by atoms with Crippen LogP contribution in [0.2, 0.25) is 0 Å². The van der Waals surface area contributed by atoms with Gasteiger partial charge in [0.25, 0.3) is 0 Å². The Hall–Kier alpha value is -1.52. The van der Waals surface area contributed by atoms with Gasteiger partial charge in [-0.3, -0.25) is 0 Å². The van der Waals surface area contributed by atoms with E-state index in [1.165, 1.54) is 12.1 Å². The van der Waals surface area contributed by atoms with Crippen molar-refractivity contribution in [3.8, 4) is 11.1 Å². The molecule has 2 rings (SSSR count). The number of halogens is 4. The molecule has 0 saturated heterocycles. The summed E-state index contributed by atoms with van der Waals surface area (Å²) in [7, 11) is 0. The van der Waals surface area contributed by atoms with Gasteiger partial charge in [0.05, 0.1) is 5.56 Å². The van der Waals surface area contributed by atoms with Crippen molar-refractivity contribution in [1.29, 1.82) is 0 Å². The lowest BCUT2D eigenvalue weighted by molar-refractivity contribution is -0.137. The van der Waals surface area contributed by atoms with Crippen LogP contribution in [0.1, 0.15) is 11.1 Å². The van der Waals surface area contributed by atoms with Gasteiger partial charge in [0.15, 0.2) is 0 Å². The van der Waals surface area contributed by atoms with E-state index in [9.17, 15) is 13.2 Å². The minimum absolute atomic E-state index is 0. The average molecular weight is 288 g/mol. The van der Waals surface area contributed by atoms with Crippen LogP contribution in [0, 0.1) is 0 Å². The minimum Gasteiger partial charge on any atom is -0.326 e. The number of nitrogens with two attached hydrogens (primary N) is 1. The van der Waals surface area contributed by atoms with Crippen molar-refractivity contribution in [2.45, 2.75) is 12.7 Å². The Labute approximate surface area is 115 Å². The third-order valence-corrected chi connectivity index (χ3v) is 2.71. The van der Waals surface area contributed by atoms with Crippen LogP contribution in [0.25, 0.3) is 11.1 Å². The second-order valence-electron chi connectivity index (χ2n) is 3.98. The maximum absolute atomic E-state index is 12.4. The van der Waals surface area contributed by atoms with E-state index in [-0.39, 0.29) is 12.4 Å². The van der Waals surface area contributed by atoms with E-state index in [0.717, 1.165) is 28.8 Å². The highest BCUT2D eigenvalue weighted by molar-refractivity contribution is 5.85. The molecule has 1 nitrogen and oxygen atoms in total. The van der Waals surface area contributed by atoms with Crippen LogP contribution in [0.5, 0.6) is 0 Å². The van der Waals surface area contributed by atoms with Crippen LogP contribution in [0.3, 0.4) is 0 Å². The Bertz CT molecular complexity index is 535. The molecule has 0 aliphatic heterocycles. The van der Waals surface area contributed by atoms with Gasteiger partial charge in [-0.2, -0.15) is 13.2 Å². The molecule has 5 heteroatoms. The molecular formula is C14H13ClF3N. The average Bonchev–Trinajstić information content (AvgIpc) is 2.38. The summed E-state index contributed by atoms with van der Waals surface area (Å²) in [5, 5.41) is 0. The molecule has 2 N–H and O–H groups in total. The van der Waals surface area contributed by atoms with Gasteiger partial charge in [-0.05, 0) is 34.9 Å². The summed E-state index contributed by atoms with van der Waals surface area (Å²) in [5.74, 6) is 0. The SMILES string of the molecule is Cl.NCc1cccc(-c2ccc(C(F)(F)F)cc2)c1. The minimum atomic E-state index is -4.29. The van der Waals surface area contributed by atoms with E-state index in [0.29, 0.717) is 6.54 Å². The monoisotopic (exact) mass is 287 g/mol. The molecule has 0 heterocycles. The van der Waals surface area contributed by atoms with Gasteiger partial charge < -0.3 is 5.73 Å². The Morgan fingerprint density at radius 1 is 0.895 bits per heavy atom. The van der Waals surface area contributed by atoms with Gasteiger partial charge in [-0.1, -0.05) is 30.3 Å². The fraction of sp³-hybridized carbons (Fsp3) is 0.143. The number of benzene rings is 2. The molecule has 2 aromatic carbocycles. The highest BCUT2D eigenvalue weighted by Crippen LogP contribution is 2.31. The Balaban J connectivity index is 0.00000180. The van der Waals surface area contributed by atoms with Gasteiger partial charge in [-0.15, -0.1) is 12.4 Å². The number of hydrogen-bond acceptors (Lipinski definition) is 1. The zero-order valence-corrected chi connectivity index (χ0v) is 10.8. The molecule has 0 radical (unpaired) electrons. The Morgan fingerprint density at radius 3 is 2.05 bits per heavy atom. The van der Waals surface area contributed by atoms with Crippen LogP contribution in [0.4, 0.5) is 13.2 Å².